The van der Waals surface area contributed by atoms with Gasteiger partial charge in [0.25, 0.3) is 0 Å². The molecule has 1 unspecified atom stereocenters. The van der Waals surface area contributed by atoms with Gasteiger partial charge in [-0.2, -0.15) is 0 Å². The third kappa shape index (κ3) is 3.51. The van der Waals surface area contributed by atoms with Gasteiger partial charge in [0.15, 0.2) is 0 Å². The predicted molar refractivity (Wildman–Crippen MR) is 161 cm³/mol. The fourth-order valence-electron chi connectivity index (χ4n) is 6.01. The maximum absolute atomic E-state index is 6.24. The van der Waals surface area contributed by atoms with Crippen molar-refractivity contribution in [3.8, 4) is 22.5 Å². The van der Waals surface area contributed by atoms with E-state index in [0.717, 1.165) is 61.9 Å². The van der Waals surface area contributed by atoms with Gasteiger partial charge in [-0.05, 0) is 47.0 Å². The molecule has 7 aromatic rings. The number of hydrogen-bond acceptors (Lipinski definition) is 3. The van der Waals surface area contributed by atoms with Gasteiger partial charge in [0, 0.05) is 27.8 Å². The minimum Gasteiger partial charge on any atom is -0.456 e. The molecule has 0 aliphatic heterocycles. The Labute approximate surface area is 225 Å². The lowest BCUT2D eigenvalue weighted by atomic mass is 9.86. The quantitative estimate of drug-likeness (QED) is 0.242. The molecule has 0 spiro atoms. The molecule has 0 bridgehead atoms. The first kappa shape index (κ1) is 22.0. The van der Waals surface area contributed by atoms with Crippen LogP contribution < -0.4 is 0 Å². The number of fused-ring (bicyclic) bond motifs is 5. The third-order valence-corrected chi connectivity index (χ3v) is 7.82. The van der Waals surface area contributed by atoms with Gasteiger partial charge < -0.3 is 4.42 Å². The Morgan fingerprint density at radius 2 is 1.26 bits per heavy atom. The van der Waals surface area contributed by atoms with Crippen LogP contribution in [-0.4, -0.2) is 9.97 Å². The number of rotatable bonds is 3. The Kier molecular flexibility index (Phi) is 4.95. The molecule has 3 nitrogen and oxygen atoms in total. The molecule has 1 atom stereocenters. The van der Waals surface area contributed by atoms with Gasteiger partial charge in [-0.25, -0.2) is 9.97 Å². The van der Waals surface area contributed by atoms with Crippen LogP contribution in [-0.2, 0) is 0 Å². The summed E-state index contributed by atoms with van der Waals surface area (Å²) < 4.78 is 6.24. The topological polar surface area (TPSA) is 38.9 Å². The summed E-state index contributed by atoms with van der Waals surface area (Å²) in [6.07, 6.45) is 9.84. The van der Waals surface area contributed by atoms with Gasteiger partial charge in [0.05, 0.1) is 22.4 Å². The summed E-state index contributed by atoms with van der Waals surface area (Å²) in [4.78, 5) is 10.5. The first-order chi connectivity index (χ1) is 19.3. The lowest BCUT2D eigenvalue weighted by molar-refractivity contribution is 0.669. The minimum atomic E-state index is 0.363. The SMILES string of the molecule is C1=CCC(c2ccc(-c3nc4ccccc4nc3-c3cccc4oc5ccccc5c34)c3ccccc23)C=C1. The van der Waals surface area contributed by atoms with E-state index in [2.05, 4.69) is 78.9 Å². The van der Waals surface area contributed by atoms with Crippen LogP contribution in [0.25, 0.3) is 66.3 Å². The fourth-order valence-corrected chi connectivity index (χ4v) is 6.01. The highest BCUT2D eigenvalue weighted by Crippen LogP contribution is 2.42. The van der Waals surface area contributed by atoms with Crippen molar-refractivity contribution in [1.29, 1.82) is 0 Å². The van der Waals surface area contributed by atoms with Crippen molar-refractivity contribution in [2.45, 2.75) is 12.3 Å². The highest BCUT2D eigenvalue weighted by Gasteiger charge is 2.21. The summed E-state index contributed by atoms with van der Waals surface area (Å²) in [5.41, 5.74) is 8.69. The molecule has 0 N–H and O–H groups in total. The van der Waals surface area contributed by atoms with Gasteiger partial charge in [0.1, 0.15) is 11.2 Å². The van der Waals surface area contributed by atoms with Crippen LogP contribution in [0.3, 0.4) is 0 Å². The number of para-hydroxylation sites is 3. The van der Waals surface area contributed by atoms with Crippen LogP contribution in [0.4, 0.5) is 0 Å². The van der Waals surface area contributed by atoms with E-state index in [0.29, 0.717) is 5.92 Å². The monoisotopic (exact) mass is 500 g/mol. The molecule has 0 radical (unpaired) electrons. The van der Waals surface area contributed by atoms with E-state index in [-0.39, 0.29) is 0 Å². The molecule has 2 heterocycles. The lowest BCUT2D eigenvalue weighted by Gasteiger charge is -2.19. The van der Waals surface area contributed by atoms with Gasteiger partial charge in [-0.15, -0.1) is 0 Å². The standard InChI is InChI=1S/C36H24N2O/c1-2-11-23(12-3-1)24-21-22-27(26-14-5-4-13-25(24)26)35-36(38-31-18-8-7-17-30(31)37-35)29-16-10-20-33-34(29)28-15-6-9-19-32(28)39-33/h1-11,13-23H,12H2. The fraction of sp³-hybridized carbons (Fsp3) is 0.0556. The van der Waals surface area contributed by atoms with Crippen molar-refractivity contribution in [3.05, 3.63) is 133 Å². The van der Waals surface area contributed by atoms with E-state index in [1.165, 1.54) is 16.3 Å². The zero-order valence-electron chi connectivity index (χ0n) is 21.2. The molecular weight excluding hydrogens is 476 g/mol. The summed E-state index contributed by atoms with van der Waals surface area (Å²) in [5, 5.41) is 4.60. The number of aromatic nitrogens is 2. The van der Waals surface area contributed by atoms with Crippen LogP contribution in [0, 0.1) is 0 Å². The molecule has 8 rings (SSSR count). The second kappa shape index (κ2) is 8.78. The molecule has 0 saturated carbocycles. The minimum absolute atomic E-state index is 0.363. The summed E-state index contributed by atoms with van der Waals surface area (Å²) in [6.45, 7) is 0. The number of hydrogen-bond donors (Lipinski definition) is 0. The maximum Gasteiger partial charge on any atom is 0.136 e. The van der Waals surface area contributed by atoms with Crippen LogP contribution in [0.5, 0.6) is 0 Å². The molecule has 184 valence electrons. The first-order valence-corrected chi connectivity index (χ1v) is 13.4. The average Bonchev–Trinajstić information content (AvgIpc) is 3.39. The van der Waals surface area contributed by atoms with E-state index >= 15 is 0 Å². The van der Waals surface area contributed by atoms with Gasteiger partial charge in [0.2, 0.25) is 0 Å². The van der Waals surface area contributed by atoms with Crippen molar-refractivity contribution in [2.75, 3.05) is 0 Å². The highest BCUT2D eigenvalue weighted by molar-refractivity contribution is 6.14. The van der Waals surface area contributed by atoms with E-state index in [1.807, 2.05) is 48.5 Å². The third-order valence-electron chi connectivity index (χ3n) is 7.82. The Morgan fingerprint density at radius 1 is 0.564 bits per heavy atom. The molecule has 1 aliphatic carbocycles. The Hall–Kier alpha value is -5.02. The van der Waals surface area contributed by atoms with Crippen molar-refractivity contribution in [2.24, 2.45) is 0 Å². The first-order valence-electron chi connectivity index (χ1n) is 13.4. The highest BCUT2D eigenvalue weighted by atomic mass is 16.3. The Morgan fingerprint density at radius 3 is 2.05 bits per heavy atom. The predicted octanol–water partition coefficient (Wildman–Crippen LogP) is 9.62. The zero-order valence-corrected chi connectivity index (χ0v) is 21.2. The molecule has 2 aromatic heterocycles. The second-order valence-corrected chi connectivity index (χ2v) is 10.1. The van der Waals surface area contributed by atoms with Crippen LogP contribution in [0.15, 0.2) is 132 Å². The van der Waals surface area contributed by atoms with Crippen LogP contribution in [0.1, 0.15) is 17.9 Å². The molecule has 39 heavy (non-hydrogen) atoms. The normalized spacial score (nSPS) is 15.1. The van der Waals surface area contributed by atoms with Crippen molar-refractivity contribution < 1.29 is 4.42 Å². The van der Waals surface area contributed by atoms with Gasteiger partial charge in [-0.3, -0.25) is 0 Å². The van der Waals surface area contributed by atoms with Gasteiger partial charge in [-0.1, -0.05) is 103 Å². The molecule has 0 fully saturated rings. The van der Waals surface area contributed by atoms with E-state index in [4.69, 9.17) is 14.4 Å². The molecule has 5 aromatic carbocycles. The zero-order chi connectivity index (χ0) is 25.8. The number of nitrogens with zero attached hydrogens (tertiary/aromatic N) is 2. The Balaban J connectivity index is 1.45. The van der Waals surface area contributed by atoms with E-state index in [9.17, 15) is 0 Å². The maximum atomic E-state index is 6.24. The van der Waals surface area contributed by atoms with E-state index in [1.54, 1.807) is 0 Å². The molecular formula is C36H24N2O. The van der Waals surface area contributed by atoms with E-state index < -0.39 is 0 Å². The Bertz CT molecular complexity index is 2110. The summed E-state index contributed by atoms with van der Waals surface area (Å²) in [6, 6.07) is 35.8. The molecule has 0 amide bonds. The van der Waals surface area contributed by atoms with Crippen molar-refractivity contribution in [1.82, 2.24) is 9.97 Å². The largest absolute Gasteiger partial charge is 0.456 e. The average molecular weight is 501 g/mol. The molecule has 0 saturated heterocycles. The summed E-state index contributed by atoms with van der Waals surface area (Å²) in [5.74, 6) is 0.363. The number of benzene rings is 5. The molecule has 1 aliphatic rings. The van der Waals surface area contributed by atoms with Crippen LogP contribution in [0.2, 0.25) is 0 Å². The second-order valence-electron chi connectivity index (χ2n) is 10.1. The summed E-state index contributed by atoms with van der Waals surface area (Å²) in [7, 11) is 0. The van der Waals surface area contributed by atoms with Crippen molar-refractivity contribution in [3.63, 3.8) is 0 Å². The number of furan rings is 1. The number of allylic oxidation sites excluding steroid dienone is 4. The van der Waals surface area contributed by atoms with Crippen molar-refractivity contribution >= 4 is 43.7 Å². The van der Waals surface area contributed by atoms with Gasteiger partial charge >= 0.3 is 0 Å². The smallest absolute Gasteiger partial charge is 0.136 e. The molecule has 3 heteroatoms. The lowest BCUT2D eigenvalue weighted by Crippen LogP contribution is -2.00. The summed E-state index contributed by atoms with van der Waals surface area (Å²) >= 11 is 0. The van der Waals surface area contributed by atoms with Crippen LogP contribution >= 0.6 is 0 Å².